The van der Waals surface area contributed by atoms with Gasteiger partial charge in [-0.15, -0.1) is 0 Å². The molecule has 15 heavy (non-hydrogen) atoms. The smallest absolute Gasteiger partial charge is 0.152 e. The normalized spacial score (nSPS) is 16.2. The lowest BCUT2D eigenvalue weighted by Gasteiger charge is -2.03. The average Bonchev–Trinajstić information content (AvgIpc) is 2.91. The van der Waals surface area contributed by atoms with Crippen molar-refractivity contribution in [3.05, 3.63) is 28.2 Å². The molecule has 1 heterocycles. The lowest BCUT2D eigenvalue weighted by molar-refractivity contribution is 0.636. The van der Waals surface area contributed by atoms with E-state index in [9.17, 15) is 4.39 Å². The number of hydrogen-bond acceptors (Lipinski definition) is 1. The van der Waals surface area contributed by atoms with Crippen LogP contribution in [0.1, 0.15) is 24.7 Å². The topological polar surface area (TPSA) is 17.8 Å². The van der Waals surface area contributed by atoms with Crippen molar-refractivity contribution in [1.82, 2.24) is 9.55 Å². The number of rotatable bonds is 1. The van der Waals surface area contributed by atoms with Crippen LogP contribution in [0.2, 0.25) is 0 Å². The van der Waals surface area contributed by atoms with Gasteiger partial charge in [-0.2, -0.15) is 0 Å². The highest BCUT2D eigenvalue weighted by Crippen LogP contribution is 2.39. The van der Waals surface area contributed by atoms with Gasteiger partial charge in [0.15, 0.2) is 5.82 Å². The van der Waals surface area contributed by atoms with E-state index < -0.39 is 0 Å². The second-order valence-electron chi connectivity index (χ2n) is 4.02. The molecule has 1 aromatic heterocycles. The number of nitrogens with zero attached hydrogens (tertiary/aromatic N) is 2. The minimum atomic E-state index is -0.248. The maximum atomic E-state index is 13.6. The fraction of sp³-hybridized carbons (Fsp3) is 0.364. The van der Waals surface area contributed by atoms with Gasteiger partial charge in [-0.05, 0) is 31.9 Å². The first kappa shape index (κ1) is 9.33. The Hall–Kier alpha value is -0.900. The van der Waals surface area contributed by atoms with Gasteiger partial charge < -0.3 is 4.57 Å². The van der Waals surface area contributed by atoms with Crippen LogP contribution in [0.4, 0.5) is 4.39 Å². The molecule has 0 aliphatic heterocycles. The molecule has 0 amide bonds. The van der Waals surface area contributed by atoms with Gasteiger partial charge in [-0.3, -0.25) is 0 Å². The molecule has 0 radical (unpaired) electrons. The molecule has 4 heteroatoms. The number of benzene rings is 1. The summed E-state index contributed by atoms with van der Waals surface area (Å²) in [5, 5.41) is 0. The summed E-state index contributed by atoms with van der Waals surface area (Å²) in [5.74, 6) is 0.659. The van der Waals surface area contributed by atoms with E-state index >= 15 is 0 Å². The van der Waals surface area contributed by atoms with E-state index in [1.165, 1.54) is 18.9 Å². The highest BCUT2D eigenvalue weighted by atomic mass is 79.9. The monoisotopic (exact) mass is 268 g/mol. The SMILES string of the molecule is Cc1nc2c(F)cc(Br)cc2n1C1CC1. The summed E-state index contributed by atoms with van der Waals surface area (Å²) < 4.78 is 16.5. The first-order valence-corrected chi connectivity index (χ1v) is 5.79. The van der Waals surface area contributed by atoms with Gasteiger partial charge in [-0.25, -0.2) is 9.37 Å². The van der Waals surface area contributed by atoms with Crippen molar-refractivity contribution in [2.45, 2.75) is 25.8 Å². The zero-order chi connectivity index (χ0) is 10.6. The quantitative estimate of drug-likeness (QED) is 0.773. The fourth-order valence-corrected chi connectivity index (χ4v) is 2.45. The molecule has 1 saturated carbocycles. The molecule has 2 aromatic rings. The molecule has 0 atom stereocenters. The van der Waals surface area contributed by atoms with Gasteiger partial charge in [-0.1, -0.05) is 15.9 Å². The Morgan fingerprint density at radius 2 is 2.20 bits per heavy atom. The van der Waals surface area contributed by atoms with Crippen LogP contribution in [0.25, 0.3) is 11.0 Å². The third kappa shape index (κ3) is 1.39. The summed E-state index contributed by atoms with van der Waals surface area (Å²) in [6, 6.07) is 3.94. The van der Waals surface area contributed by atoms with Crippen LogP contribution in [0.3, 0.4) is 0 Å². The Kier molecular flexibility index (Phi) is 1.89. The van der Waals surface area contributed by atoms with Gasteiger partial charge in [0, 0.05) is 10.5 Å². The van der Waals surface area contributed by atoms with Crippen LogP contribution in [-0.2, 0) is 0 Å². The van der Waals surface area contributed by atoms with Crippen LogP contribution >= 0.6 is 15.9 Å². The zero-order valence-electron chi connectivity index (χ0n) is 8.30. The maximum Gasteiger partial charge on any atom is 0.152 e. The number of aryl methyl sites for hydroxylation is 1. The average molecular weight is 269 g/mol. The predicted octanol–water partition coefficient (Wildman–Crippen LogP) is 3.58. The molecule has 1 aromatic carbocycles. The van der Waals surface area contributed by atoms with E-state index in [0.717, 1.165) is 15.8 Å². The first-order valence-electron chi connectivity index (χ1n) is 5.00. The summed E-state index contributed by atoms with van der Waals surface area (Å²) in [6.45, 7) is 1.94. The Balaban J connectivity index is 2.38. The third-order valence-electron chi connectivity index (χ3n) is 2.80. The van der Waals surface area contributed by atoms with Gasteiger partial charge >= 0.3 is 0 Å². The van der Waals surface area contributed by atoms with Gasteiger partial charge in [0.05, 0.1) is 5.52 Å². The number of aromatic nitrogens is 2. The van der Waals surface area contributed by atoms with E-state index in [1.54, 1.807) is 0 Å². The van der Waals surface area contributed by atoms with E-state index in [4.69, 9.17) is 0 Å². The number of halogens is 2. The number of fused-ring (bicyclic) bond motifs is 1. The molecule has 2 nitrogen and oxygen atoms in total. The van der Waals surface area contributed by atoms with Crippen molar-refractivity contribution < 1.29 is 4.39 Å². The van der Waals surface area contributed by atoms with Crippen LogP contribution in [0.15, 0.2) is 16.6 Å². The molecule has 1 aliphatic carbocycles. The first-order chi connectivity index (χ1) is 7.16. The molecule has 0 spiro atoms. The van der Waals surface area contributed by atoms with Crippen molar-refractivity contribution in [1.29, 1.82) is 0 Å². The molecule has 1 aliphatic rings. The molecular formula is C11H10BrFN2. The summed E-state index contributed by atoms with van der Waals surface area (Å²) >= 11 is 3.32. The molecule has 0 saturated heterocycles. The molecule has 3 rings (SSSR count). The molecule has 0 N–H and O–H groups in total. The van der Waals surface area contributed by atoms with Gasteiger partial charge in [0.25, 0.3) is 0 Å². The van der Waals surface area contributed by atoms with E-state index in [-0.39, 0.29) is 5.82 Å². The van der Waals surface area contributed by atoms with E-state index in [0.29, 0.717) is 11.6 Å². The molecular weight excluding hydrogens is 259 g/mol. The van der Waals surface area contributed by atoms with Crippen molar-refractivity contribution in [3.8, 4) is 0 Å². The van der Waals surface area contributed by atoms with E-state index in [1.807, 2.05) is 13.0 Å². The zero-order valence-corrected chi connectivity index (χ0v) is 9.88. The Bertz CT molecular complexity index is 543. The van der Waals surface area contributed by atoms with Crippen molar-refractivity contribution >= 4 is 27.0 Å². The van der Waals surface area contributed by atoms with Crippen LogP contribution < -0.4 is 0 Å². The summed E-state index contributed by atoms with van der Waals surface area (Å²) in [6.07, 6.45) is 2.36. The van der Waals surface area contributed by atoms with Crippen molar-refractivity contribution in [2.75, 3.05) is 0 Å². The molecule has 0 bridgehead atoms. The largest absolute Gasteiger partial charge is 0.325 e. The lowest BCUT2D eigenvalue weighted by atomic mass is 10.3. The van der Waals surface area contributed by atoms with Crippen molar-refractivity contribution in [3.63, 3.8) is 0 Å². The minimum absolute atomic E-state index is 0.248. The van der Waals surface area contributed by atoms with Crippen molar-refractivity contribution in [2.24, 2.45) is 0 Å². The van der Waals surface area contributed by atoms with Crippen LogP contribution in [-0.4, -0.2) is 9.55 Å². The number of imidazole rings is 1. The summed E-state index contributed by atoms with van der Waals surface area (Å²) in [4.78, 5) is 4.28. The number of hydrogen-bond donors (Lipinski definition) is 0. The summed E-state index contributed by atoms with van der Waals surface area (Å²) in [5.41, 5.74) is 1.39. The highest BCUT2D eigenvalue weighted by Gasteiger charge is 2.27. The minimum Gasteiger partial charge on any atom is -0.325 e. The maximum absolute atomic E-state index is 13.6. The molecule has 0 unspecified atom stereocenters. The van der Waals surface area contributed by atoms with Crippen LogP contribution in [0, 0.1) is 12.7 Å². The predicted molar refractivity (Wildman–Crippen MR) is 60.4 cm³/mol. The van der Waals surface area contributed by atoms with Gasteiger partial charge in [0.2, 0.25) is 0 Å². The lowest BCUT2D eigenvalue weighted by Crippen LogP contribution is -1.96. The molecule has 78 valence electrons. The Labute approximate surface area is 95.2 Å². The summed E-state index contributed by atoms with van der Waals surface area (Å²) in [7, 11) is 0. The van der Waals surface area contributed by atoms with Gasteiger partial charge in [0.1, 0.15) is 11.3 Å². The van der Waals surface area contributed by atoms with Crippen LogP contribution in [0.5, 0.6) is 0 Å². The highest BCUT2D eigenvalue weighted by molar-refractivity contribution is 9.10. The Morgan fingerprint density at radius 1 is 1.47 bits per heavy atom. The standard InChI is InChI=1S/C11H10BrFN2/c1-6-14-11-9(13)4-7(12)5-10(11)15(6)8-2-3-8/h4-5,8H,2-3H2,1H3. The third-order valence-corrected chi connectivity index (χ3v) is 3.26. The fourth-order valence-electron chi connectivity index (χ4n) is 2.03. The molecule has 1 fully saturated rings. The second kappa shape index (κ2) is 3.04. The van der Waals surface area contributed by atoms with E-state index in [2.05, 4.69) is 25.5 Å². The Morgan fingerprint density at radius 3 is 2.87 bits per heavy atom. The second-order valence-corrected chi connectivity index (χ2v) is 4.93.